The van der Waals surface area contributed by atoms with Gasteiger partial charge in [-0.05, 0) is 86.3 Å². The maximum atomic E-state index is 15.6. The zero-order valence-corrected chi connectivity index (χ0v) is 22.4. The van der Waals surface area contributed by atoms with Gasteiger partial charge in [0.25, 0.3) is 5.91 Å². The Morgan fingerprint density at radius 2 is 1.82 bits per heavy atom. The third-order valence-electron chi connectivity index (χ3n) is 8.54. The summed E-state index contributed by atoms with van der Waals surface area (Å²) in [4.78, 5) is 34.2. The average molecular weight is 551 g/mol. The number of anilines is 1. The minimum Gasteiger partial charge on any atom is -0.342 e. The number of hydrogen-bond acceptors (Lipinski definition) is 5. The van der Waals surface area contributed by atoms with Crippen LogP contribution < -0.4 is 4.72 Å². The molecule has 4 fully saturated rings. The van der Waals surface area contributed by atoms with E-state index >= 15 is 4.39 Å². The van der Waals surface area contributed by atoms with Crippen molar-refractivity contribution >= 4 is 33.4 Å². The van der Waals surface area contributed by atoms with Crippen molar-refractivity contribution < 1.29 is 22.4 Å². The van der Waals surface area contributed by atoms with Gasteiger partial charge in [-0.2, -0.15) is 0 Å². The van der Waals surface area contributed by atoms with Gasteiger partial charge in [0.1, 0.15) is 17.2 Å². The number of hydrogen-bond donors (Lipinski definition) is 1. The van der Waals surface area contributed by atoms with Crippen molar-refractivity contribution in [3.63, 3.8) is 0 Å². The molecule has 2 aromatic rings. The van der Waals surface area contributed by atoms with E-state index in [1.54, 1.807) is 41.3 Å². The zero-order valence-electron chi connectivity index (χ0n) is 21.6. The molecule has 204 valence electrons. The van der Waals surface area contributed by atoms with Gasteiger partial charge in [0, 0.05) is 31.2 Å². The molecule has 1 unspecified atom stereocenters. The molecular weight excluding hydrogens is 519 g/mol. The Labute approximate surface area is 227 Å². The first-order valence-electron chi connectivity index (χ1n) is 13.9. The lowest BCUT2D eigenvalue weighted by Gasteiger charge is -2.24. The summed E-state index contributed by atoms with van der Waals surface area (Å²) >= 11 is 0. The number of benzene rings is 2. The SMILES string of the molecule is O=C(C1CC1)N1CCC(CN2C(=O)C3(CC3)N=C2c2ccc(-c3cccc(NS(=O)(=O)C4CC4)c3)cc2F)C1. The largest absolute Gasteiger partial charge is 0.342 e. The highest BCUT2D eigenvalue weighted by Crippen LogP contribution is 2.46. The van der Waals surface area contributed by atoms with Gasteiger partial charge in [-0.1, -0.05) is 18.2 Å². The molecule has 0 aromatic heterocycles. The highest BCUT2D eigenvalue weighted by Gasteiger charge is 2.58. The lowest BCUT2D eigenvalue weighted by atomic mass is 10.0. The van der Waals surface area contributed by atoms with E-state index in [9.17, 15) is 18.0 Å². The second kappa shape index (κ2) is 8.87. The van der Waals surface area contributed by atoms with Crippen molar-refractivity contribution in [3.05, 3.63) is 53.8 Å². The van der Waals surface area contributed by atoms with E-state index < -0.39 is 21.4 Å². The smallest absolute Gasteiger partial charge is 0.256 e. The summed E-state index contributed by atoms with van der Waals surface area (Å²) in [5.41, 5.74) is 1.26. The summed E-state index contributed by atoms with van der Waals surface area (Å²) in [6.07, 6.45) is 5.45. The van der Waals surface area contributed by atoms with Gasteiger partial charge in [-0.15, -0.1) is 0 Å². The molecule has 0 radical (unpaired) electrons. The first-order chi connectivity index (χ1) is 18.7. The molecule has 2 aromatic carbocycles. The average Bonchev–Trinajstić information content (AvgIpc) is 3.78. The van der Waals surface area contributed by atoms with Gasteiger partial charge >= 0.3 is 0 Å². The minimum atomic E-state index is -3.40. The van der Waals surface area contributed by atoms with E-state index in [4.69, 9.17) is 4.99 Å². The Morgan fingerprint density at radius 3 is 2.51 bits per heavy atom. The van der Waals surface area contributed by atoms with Crippen LogP contribution in [0, 0.1) is 17.7 Å². The van der Waals surface area contributed by atoms with Crippen LogP contribution in [0.4, 0.5) is 10.1 Å². The molecule has 3 aliphatic carbocycles. The highest BCUT2D eigenvalue weighted by atomic mass is 32.2. The van der Waals surface area contributed by atoms with Gasteiger partial charge < -0.3 is 4.90 Å². The third kappa shape index (κ3) is 4.62. The Kier molecular flexibility index (Phi) is 5.63. The number of halogens is 1. The molecule has 8 nitrogen and oxygen atoms in total. The first-order valence-corrected chi connectivity index (χ1v) is 15.4. The van der Waals surface area contributed by atoms with Crippen LogP contribution in [0.5, 0.6) is 0 Å². The van der Waals surface area contributed by atoms with E-state index in [0.29, 0.717) is 68.0 Å². The van der Waals surface area contributed by atoms with Crippen molar-refractivity contribution in [2.75, 3.05) is 24.4 Å². The number of carbonyl (C=O) groups excluding carboxylic acids is 2. The quantitative estimate of drug-likeness (QED) is 0.541. The number of rotatable bonds is 8. The van der Waals surface area contributed by atoms with Crippen molar-refractivity contribution in [2.45, 2.75) is 55.7 Å². The van der Waals surface area contributed by atoms with Gasteiger partial charge in [0.05, 0.1) is 10.8 Å². The predicted molar refractivity (Wildman–Crippen MR) is 145 cm³/mol. The Bertz CT molecular complexity index is 1510. The Hall–Kier alpha value is -3.27. The topological polar surface area (TPSA) is 99.2 Å². The second-order valence-electron chi connectivity index (χ2n) is 11.7. The lowest BCUT2D eigenvalue weighted by Crippen LogP contribution is -2.41. The van der Waals surface area contributed by atoms with Crippen LogP contribution in [0.25, 0.3) is 11.1 Å². The highest BCUT2D eigenvalue weighted by molar-refractivity contribution is 7.93. The summed E-state index contributed by atoms with van der Waals surface area (Å²) < 4.78 is 43.0. The van der Waals surface area contributed by atoms with E-state index in [0.717, 1.165) is 19.3 Å². The van der Waals surface area contributed by atoms with Gasteiger partial charge in [0.2, 0.25) is 15.9 Å². The van der Waals surface area contributed by atoms with E-state index in [-0.39, 0.29) is 34.5 Å². The standard InChI is InChI=1S/C29H31FN4O4S/c30-25-15-21(20-2-1-3-22(14-20)32-39(37,38)23-7-8-23)6-9-24(25)26-31-29(11-12-29)28(36)34(26)17-18-10-13-33(16-18)27(35)19-4-5-19/h1-3,6,9,14-15,18-19,23,32H,4-5,7-8,10-13,16-17H2. The van der Waals surface area contributed by atoms with E-state index in [1.165, 1.54) is 6.07 Å². The third-order valence-corrected chi connectivity index (χ3v) is 10.4. The van der Waals surface area contributed by atoms with Crippen molar-refractivity contribution in [2.24, 2.45) is 16.8 Å². The summed E-state index contributed by atoms with van der Waals surface area (Å²) in [5, 5.41) is -0.337. The van der Waals surface area contributed by atoms with Crippen LogP contribution in [-0.2, 0) is 19.6 Å². The maximum Gasteiger partial charge on any atom is 0.256 e. The predicted octanol–water partition coefficient (Wildman–Crippen LogP) is 3.78. The van der Waals surface area contributed by atoms with Crippen LogP contribution >= 0.6 is 0 Å². The van der Waals surface area contributed by atoms with Crippen molar-refractivity contribution in [3.8, 4) is 11.1 Å². The molecule has 2 amide bonds. The van der Waals surface area contributed by atoms with Crippen LogP contribution in [0.15, 0.2) is 47.5 Å². The summed E-state index contributed by atoms with van der Waals surface area (Å²) in [5.74, 6) is 0.366. The van der Waals surface area contributed by atoms with E-state index in [2.05, 4.69) is 4.72 Å². The molecular formula is C29H31FN4O4S. The second-order valence-corrected chi connectivity index (χ2v) is 13.7. The maximum absolute atomic E-state index is 15.6. The molecule has 5 aliphatic rings. The summed E-state index contributed by atoms with van der Waals surface area (Å²) in [6, 6.07) is 11.8. The molecule has 3 saturated carbocycles. The number of amides is 2. The van der Waals surface area contributed by atoms with Crippen LogP contribution in [-0.4, -0.2) is 66.3 Å². The van der Waals surface area contributed by atoms with Gasteiger partial charge in [-0.25, -0.2) is 12.8 Å². The molecule has 1 atom stereocenters. The molecule has 1 saturated heterocycles. The molecule has 1 N–H and O–H groups in total. The fourth-order valence-electron chi connectivity index (χ4n) is 5.77. The number of sulfonamides is 1. The number of aliphatic imine (C=N–C) groups is 1. The number of nitrogens with zero attached hydrogens (tertiary/aromatic N) is 3. The zero-order chi connectivity index (χ0) is 26.9. The molecule has 2 aliphatic heterocycles. The molecule has 1 spiro atoms. The van der Waals surface area contributed by atoms with Crippen molar-refractivity contribution in [1.29, 1.82) is 0 Å². The van der Waals surface area contributed by atoms with E-state index in [1.807, 2.05) is 4.90 Å². The Morgan fingerprint density at radius 1 is 1.05 bits per heavy atom. The summed E-state index contributed by atoms with van der Waals surface area (Å²) in [6.45, 7) is 1.76. The van der Waals surface area contributed by atoms with Gasteiger partial charge in [0.15, 0.2) is 0 Å². The number of carbonyl (C=O) groups is 2. The normalized spacial score (nSPS) is 23.9. The molecule has 2 heterocycles. The molecule has 10 heteroatoms. The monoisotopic (exact) mass is 550 g/mol. The first kappa shape index (κ1) is 24.7. The number of likely N-dealkylation sites (tertiary alicyclic amines) is 1. The fraction of sp³-hybridized carbons (Fsp3) is 0.483. The Balaban J connectivity index is 1.11. The van der Waals surface area contributed by atoms with Crippen LogP contribution in [0.1, 0.15) is 50.5 Å². The number of nitrogens with one attached hydrogen (secondary N) is 1. The van der Waals surface area contributed by atoms with Crippen molar-refractivity contribution in [1.82, 2.24) is 9.80 Å². The van der Waals surface area contributed by atoms with Gasteiger partial charge in [-0.3, -0.25) is 24.2 Å². The molecule has 0 bridgehead atoms. The fourth-order valence-corrected chi connectivity index (χ4v) is 7.15. The van der Waals surface area contributed by atoms with Crippen LogP contribution in [0.2, 0.25) is 0 Å². The molecule has 7 rings (SSSR count). The minimum absolute atomic E-state index is 0.0661. The molecule has 39 heavy (non-hydrogen) atoms. The summed E-state index contributed by atoms with van der Waals surface area (Å²) in [7, 11) is -3.40. The lowest BCUT2D eigenvalue weighted by molar-refractivity contribution is -0.131. The number of amidine groups is 1. The van der Waals surface area contributed by atoms with Crippen LogP contribution in [0.3, 0.4) is 0 Å².